The quantitative estimate of drug-likeness (QED) is 0.190. The second-order valence-electron chi connectivity index (χ2n) is 12.5. The highest BCUT2D eigenvalue weighted by Gasteiger charge is 2.18. The van der Waals surface area contributed by atoms with Gasteiger partial charge in [0, 0.05) is 49.7 Å². The molecule has 0 aliphatic heterocycles. The average Bonchev–Trinajstić information content (AvgIpc) is 3.72. The van der Waals surface area contributed by atoms with Crippen molar-refractivity contribution in [2.24, 2.45) is 0 Å². The number of rotatable bonds is 5. The number of anilines is 3. The zero-order valence-corrected chi connectivity index (χ0v) is 26.6. The normalized spacial score (nSPS) is 11.7. The topological polar surface area (TPSA) is 21.3 Å². The number of hydrogen-bond donors (Lipinski definition) is 0. The number of benzene rings is 8. The third-order valence-corrected chi connectivity index (χ3v) is 9.76. The molecule has 2 aromatic heterocycles. The fourth-order valence-electron chi connectivity index (χ4n) is 7.62. The van der Waals surface area contributed by atoms with Gasteiger partial charge >= 0.3 is 0 Å². The summed E-state index contributed by atoms with van der Waals surface area (Å²) < 4.78 is 8.65. The van der Waals surface area contributed by atoms with Gasteiger partial charge in [0.1, 0.15) is 11.2 Å². The van der Waals surface area contributed by atoms with E-state index in [9.17, 15) is 0 Å². The van der Waals surface area contributed by atoms with Gasteiger partial charge in [-0.25, -0.2) is 0 Å². The Morgan fingerprint density at radius 3 is 1.82 bits per heavy atom. The molecule has 0 radical (unpaired) electrons. The minimum absolute atomic E-state index is 0.913. The van der Waals surface area contributed by atoms with Crippen molar-refractivity contribution in [3.8, 4) is 16.8 Å². The summed E-state index contributed by atoms with van der Waals surface area (Å²) in [5.74, 6) is 0. The van der Waals surface area contributed by atoms with Gasteiger partial charge in [0.15, 0.2) is 0 Å². The SMILES string of the molecule is c1ccc(N(c2ccc(-c3cccc4ccc5oc6ccccc6c5c34)cc2)c2cccc(-n3c4ccccc4c4ccccc43)c2)cc1. The molecule has 0 fully saturated rings. The lowest BCUT2D eigenvalue weighted by Gasteiger charge is -2.26. The predicted octanol–water partition coefficient (Wildman–Crippen LogP) is 13.0. The van der Waals surface area contributed by atoms with E-state index in [2.05, 4.69) is 179 Å². The highest BCUT2D eigenvalue weighted by atomic mass is 16.3. The van der Waals surface area contributed by atoms with Gasteiger partial charge in [0.25, 0.3) is 0 Å². The van der Waals surface area contributed by atoms with Crippen molar-refractivity contribution in [3.05, 3.63) is 182 Å². The molecule has 10 aromatic rings. The lowest BCUT2D eigenvalue weighted by Crippen LogP contribution is -2.10. The maximum absolute atomic E-state index is 6.28. The molecule has 0 saturated heterocycles. The fraction of sp³-hybridized carbons (Fsp3) is 0. The first-order valence-corrected chi connectivity index (χ1v) is 16.7. The fourth-order valence-corrected chi connectivity index (χ4v) is 7.62. The Kier molecular flexibility index (Phi) is 6.18. The van der Waals surface area contributed by atoms with Crippen molar-refractivity contribution in [2.45, 2.75) is 0 Å². The number of fused-ring (bicyclic) bond motifs is 8. The van der Waals surface area contributed by atoms with E-state index >= 15 is 0 Å². The molecule has 230 valence electrons. The van der Waals surface area contributed by atoms with Gasteiger partial charge in [-0.3, -0.25) is 0 Å². The van der Waals surface area contributed by atoms with Crippen molar-refractivity contribution in [1.82, 2.24) is 4.57 Å². The van der Waals surface area contributed by atoms with E-state index in [4.69, 9.17) is 4.42 Å². The highest BCUT2D eigenvalue weighted by molar-refractivity contribution is 6.22. The summed E-state index contributed by atoms with van der Waals surface area (Å²) in [5, 5.41) is 7.25. The second-order valence-corrected chi connectivity index (χ2v) is 12.5. The molecule has 0 N–H and O–H groups in total. The first kappa shape index (κ1) is 27.5. The molecular weight excluding hydrogens is 597 g/mol. The van der Waals surface area contributed by atoms with E-state index < -0.39 is 0 Å². The van der Waals surface area contributed by atoms with Crippen molar-refractivity contribution >= 4 is 71.6 Å². The van der Waals surface area contributed by atoms with Crippen LogP contribution in [-0.4, -0.2) is 4.57 Å². The van der Waals surface area contributed by atoms with Crippen molar-refractivity contribution < 1.29 is 4.42 Å². The van der Waals surface area contributed by atoms with Crippen LogP contribution >= 0.6 is 0 Å². The molecule has 0 spiro atoms. The Bertz CT molecular complexity index is 2770. The predicted molar refractivity (Wildman–Crippen MR) is 206 cm³/mol. The Morgan fingerprint density at radius 2 is 1.04 bits per heavy atom. The summed E-state index contributed by atoms with van der Waals surface area (Å²) in [7, 11) is 0. The van der Waals surface area contributed by atoms with Crippen LogP contribution in [0.15, 0.2) is 186 Å². The summed E-state index contributed by atoms with van der Waals surface area (Å²) in [6, 6.07) is 64.9. The van der Waals surface area contributed by atoms with Gasteiger partial charge in [0.2, 0.25) is 0 Å². The average molecular weight is 627 g/mol. The summed E-state index contributed by atoms with van der Waals surface area (Å²) in [4.78, 5) is 2.34. The monoisotopic (exact) mass is 626 g/mol. The van der Waals surface area contributed by atoms with E-state index in [0.717, 1.165) is 39.3 Å². The van der Waals surface area contributed by atoms with Crippen LogP contribution in [0.3, 0.4) is 0 Å². The third-order valence-electron chi connectivity index (χ3n) is 9.76. The molecule has 3 nitrogen and oxygen atoms in total. The van der Waals surface area contributed by atoms with Gasteiger partial charge < -0.3 is 13.9 Å². The molecule has 0 bridgehead atoms. The zero-order chi connectivity index (χ0) is 32.3. The Hall–Kier alpha value is -6.58. The first-order chi connectivity index (χ1) is 24.3. The second kappa shape index (κ2) is 11.0. The van der Waals surface area contributed by atoms with Crippen LogP contribution in [0.2, 0.25) is 0 Å². The maximum atomic E-state index is 6.28. The van der Waals surface area contributed by atoms with Crippen molar-refractivity contribution in [3.63, 3.8) is 0 Å². The summed E-state index contributed by atoms with van der Waals surface area (Å²) in [6.45, 7) is 0. The number of hydrogen-bond acceptors (Lipinski definition) is 2. The van der Waals surface area contributed by atoms with Crippen LogP contribution in [0.25, 0.3) is 71.3 Å². The number of furan rings is 1. The standard InChI is InChI=1S/C46H30N2O/c1-2-13-33(14-3-1)47(35-15-11-16-36(30-35)48-41-21-7-4-17-38(41)39-18-5-8-22-42(39)48)34-27-24-31(25-28-34)37-20-10-12-32-26-29-44-46(45(32)37)40-19-6-9-23-43(40)49-44/h1-30H. The van der Waals surface area contributed by atoms with Crippen LogP contribution < -0.4 is 4.90 Å². The molecule has 3 heteroatoms. The maximum Gasteiger partial charge on any atom is 0.136 e. The number of para-hydroxylation sites is 4. The van der Waals surface area contributed by atoms with Crippen molar-refractivity contribution in [1.29, 1.82) is 0 Å². The smallest absolute Gasteiger partial charge is 0.136 e. The van der Waals surface area contributed by atoms with Crippen LogP contribution in [0.5, 0.6) is 0 Å². The van der Waals surface area contributed by atoms with E-state index in [1.165, 1.54) is 49.1 Å². The van der Waals surface area contributed by atoms with Crippen LogP contribution in [0.1, 0.15) is 0 Å². The summed E-state index contributed by atoms with van der Waals surface area (Å²) in [6.07, 6.45) is 0. The van der Waals surface area contributed by atoms with Gasteiger partial charge in [-0.05, 0) is 83.2 Å². The zero-order valence-electron chi connectivity index (χ0n) is 26.6. The molecule has 0 amide bonds. The summed E-state index contributed by atoms with van der Waals surface area (Å²) >= 11 is 0. The molecule has 0 aliphatic carbocycles. The van der Waals surface area contributed by atoms with Gasteiger partial charge in [0.05, 0.1) is 11.0 Å². The molecule has 0 saturated carbocycles. The minimum Gasteiger partial charge on any atom is -0.456 e. The van der Waals surface area contributed by atoms with Crippen molar-refractivity contribution in [2.75, 3.05) is 4.90 Å². The largest absolute Gasteiger partial charge is 0.456 e. The Balaban J connectivity index is 1.12. The lowest BCUT2D eigenvalue weighted by molar-refractivity contribution is 0.669. The molecule has 2 heterocycles. The van der Waals surface area contributed by atoms with E-state index in [1.54, 1.807) is 0 Å². The third kappa shape index (κ3) is 4.37. The first-order valence-electron chi connectivity index (χ1n) is 16.7. The molecule has 0 unspecified atom stereocenters. The molecule has 0 aliphatic rings. The van der Waals surface area contributed by atoms with Gasteiger partial charge in [-0.15, -0.1) is 0 Å². The van der Waals surface area contributed by atoms with Gasteiger partial charge in [-0.1, -0.05) is 115 Å². The Morgan fingerprint density at radius 1 is 0.408 bits per heavy atom. The molecule has 10 rings (SSSR count). The van der Waals surface area contributed by atoms with E-state index in [-0.39, 0.29) is 0 Å². The van der Waals surface area contributed by atoms with E-state index in [0.29, 0.717) is 0 Å². The molecule has 0 atom stereocenters. The Labute approximate surface area is 283 Å². The van der Waals surface area contributed by atoms with E-state index in [1.807, 2.05) is 12.1 Å². The molecular formula is C46H30N2O. The molecule has 49 heavy (non-hydrogen) atoms. The van der Waals surface area contributed by atoms with Gasteiger partial charge in [-0.2, -0.15) is 0 Å². The van der Waals surface area contributed by atoms with Crippen LogP contribution in [-0.2, 0) is 0 Å². The molecule has 8 aromatic carbocycles. The minimum atomic E-state index is 0.913. The highest BCUT2D eigenvalue weighted by Crippen LogP contribution is 2.42. The van der Waals surface area contributed by atoms with Crippen LogP contribution in [0.4, 0.5) is 17.1 Å². The number of nitrogens with zero attached hydrogens (tertiary/aromatic N) is 2. The number of aromatic nitrogens is 1. The lowest BCUT2D eigenvalue weighted by atomic mass is 9.94. The van der Waals surface area contributed by atoms with Crippen LogP contribution in [0, 0.1) is 0 Å². The summed E-state index contributed by atoms with van der Waals surface area (Å²) in [5.41, 5.74) is 11.0.